The van der Waals surface area contributed by atoms with Gasteiger partial charge in [-0.2, -0.15) is 0 Å². The Morgan fingerprint density at radius 1 is 0.793 bits per heavy atom. The van der Waals surface area contributed by atoms with Crippen LogP contribution in [0, 0.1) is 12.3 Å². The van der Waals surface area contributed by atoms with E-state index < -0.39 is 0 Å². The van der Waals surface area contributed by atoms with E-state index in [0.29, 0.717) is 72.7 Å². The van der Waals surface area contributed by atoms with Gasteiger partial charge in [-0.1, -0.05) is 5.92 Å². The average Bonchev–Trinajstić information content (AvgIpc) is 2.71. The second kappa shape index (κ2) is 17.9. The Morgan fingerprint density at radius 2 is 1.24 bits per heavy atom. The molecule has 0 aliphatic carbocycles. The number of carbonyl (C=O) groups excluding carboxylic acids is 1. The predicted molar refractivity (Wildman–Crippen MR) is 109 cm³/mol. The van der Waals surface area contributed by atoms with Crippen LogP contribution in [-0.2, 0) is 28.5 Å². The van der Waals surface area contributed by atoms with Crippen LogP contribution in [0.3, 0.4) is 0 Å². The third-order valence-corrected chi connectivity index (χ3v) is 3.34. The molecule has 162 valence electrons. The first kappa shape index (κ1) is 24.9. The Morgan fingerprint density at radius 3 is 1.69 bits per heavy atom. The Kier molecular flexibility index (Phi) is 15.4. The molecule has 29 heavy (non-hydrogen) atoms. The molecule has 0 aromatic heterocycles. The number of benzene rings is 1. The molecule has 0 heterocycles. The van der Waals surface area contributed by atoms with Crippen molar-refractivity contribution in [1.82, 2.24) is 0 Å². The molecule has 0 fully saturated rings. The second-order valence-corrected chi connectivity index (χ2v) is 5.76. The SMILES string of the molecule is C#CCOCCOCCOCCOCCOCCOc1ccc(NC(C)=O)cc1. The van der Waals surface area contributed by atoms with Gasteiger partial charge in [0, 0.05) is 12.6 Å². The summed E-state index contributed by atoms with van der Waals surface area (Å²) in [6.45, 7) is 6.71. The average molecular weight is 409 g/mol. The lowest BCUT2D eigenvalue weighted by Crippen LogP contribution is -2.14. The van der Waals surface area contributed by atoms with Gasteiger partial charge in [0.25, 0.3) is 0 Å². The number of amides is 1. The van der Waals surface area contributed by atoms with E-state index in [1.54, 1.807) is 24.3 Å². The van der Waals surface area contributed by atoms with E-state index in [9.17, 15) is 4.79 Å². The number of hydrogen-bond acceptors (Lipinski definition) is 7. The molecule has 1 rings (SSSR count). The highest BCUT2D eigenvalue weighted by Gasteiger charge is 1.98. The van der Waals surface area contributed by atoms with E-state index in [-0.39, 0.29) is 5.91 Å². The van der Waals surface area contributed by atoms with Gasteiger partial charge in [0.2, 0.25) is 5.91 Å². The third kappa shape index (κ3) is 15.4. The van der Waals surface area contributed by atoms with Crippen molar-refractivity contribution in [3.05, 3.63) is 24.3 Å². The molecule has 0 saturated heterocycles. The van der Waals surface area contributed by atoms with E-state index in [1.165, 1.54) is 6.92 Å². The maximum atomic E-state index is 11.0. The smallest absolute Gasteiger partial charge is 0.221 e. The summed E-state index contributed by atoms with van der Waals surface area (Å²) in [6, 6.07) is 7.17. The lowest BCUT2D eigenvalue weighted by Gasteiger charge is -2.09. The van der Waals surface area contributed by atoms with E-state index in [4.69, 9.17) is 34.8 Å². The fourth-order valence-corrected chi connectivity index (χ4v) is 2.07. The molecule has 1 aromatic carbocycles. The van der Waals surface area contributed by atoms with Gasteiger partial charge in [-0.05, 0) is 24.3 Å². The molecule has 8 heteroatoms. The zero-order chi connectivity index (χ0) is 21.0. The largest absolute Gasteiger partial charge is 0.491 e. The van der Waals surface area contributed by atoms with Crippen LogP contribution < -0.4 is 10.1 Å². The van der Waals surface area contributed by atoms with Crippen LogP contribution in [0.1, 0.15) is 6.92 Å². The fraction of sp³-hybridized carbons (Fsp3) is 0.571. The summed E-state index contributed by atoms with van der Waals surface area (Å²) in [7, 11) is 0. The normalized spacial score (nSPS) is 10.5. The molecule has 1 aromatic rings. The minimum absolute atomic E-state index is 0.103. The third-order valence-electron chi connectivity index (χ3n) is 3.34. The minimum atomic E-state index is -0.103. The highest BCUT2D eigenvalue weighted by molar-refractivity contribution is 5.88. The Labute approximate surface area is 172 Å². The lowest BCUT2D eigenvalue weighted by atomic mass is 10.3. The molecular formula is C21H31NO7. The number of hydrogen-bond donors (Lipinski definition) is 1. The summed E-state index contributed by atoms with van der Waals surface area (Å²) >= 11 is 0. The highest BCUT2D eigenvalue weighted by Crippen LogP contribution is 2.15. The number of ether oxygens (including phenoxy) is 6. The predicted octanol–water partition coefficient (Wildman–Crippen LogP) is 1.74. The van der Waals surface area contributed by atoms with Crippen LogP contribution >= 0.6 is 0 Å². The first-order chi connectivity index (χ1) is 14.2. The van der Waals surface area contributed by atoms with Gasteiger partial charge in [-0.15, -0.1) is 6.42 Å². The maximum absolute atomic E-state index is 11.0. The number of carbonyl (C=O) groups is 1. The summed E-state index contributed by atoms with van der Waals surface area (Å²) in [6.07, 6.45) is 5.06. The van der Waals surface area contributed by atoms with Gasteiger partial charge in [0.05, 0.1) is 59.5 Å². The van der Waals surface area contributed by atoms with Crippen molar-refractivity contribution < 1.29 is 33.2 Å². The first-order valence-electron chi connectivity index (χ1n) is 9.55. The first-order valence-corrected chi connectivity index (χ1v) is 9.55. The molecule has 8 nitrogen and oxygen atoms in total. The van der Waals surface area contributed by atoms with Crippen LogP contribution in [0.5, 0.6) is 5.75 Å². The van der Waals surface area contributed by atoms with Gasteiger partial charge in [-0.3, -0.25) is 4.79 Å². The number of terminal acetylenes is 1. The molecular weight excluding hydrogens is 378 g/mol. The van der Waals surface area contributed by atoms with Crippen molar-refractivity contribution in [3.63, 3.8) is 0 Å². The van der Waals surface area contributed by atoms with E-state index >= 15 is 0 Å². The summed E-state index contributed by atoms with van der Waals surface area (Å²) in [5, 5.41) is 2.70. The zero-order valence-corrected chi connectivity index (χ0v) is 17.0. The molecule has 1 N–H and O–H groups in total. The summed E-state index contributed by atoms with van der Waals surface area (Å²) in [5.74, 6) is 3.01. The van der Waals surface area contributed by atoms with Crippen molar-refractivity contribution in [1.29, 1.82) is 0 Å². The monoisotopic (exact) mass is 409 g/mol. The molecule has 0 bridgehead atoms. The van der Waals surface area contributed by atoms with Crippen molar-refractivity contribution >= 4 is 11.6 Å². The maximum Gasteiger partial charge on any atom is 0.221 e. The highest BCUT2D eigenvalue weighted by atomic mass is 16.6. The minimum Gasteiger partial charge on any atom is -0.491 e. The van der Waals surface area contributed by atoms with Gasteiger partial charge < -0.3 is 33.7 Å². The second-order valence-electron chi connectivity index (χ2n) is 5.76. The standard InChI is InChI=1S/C21H31NO7/c1-3-8-24-9-10-25-11-12-26-13-14-27-15-16-28-17-18-29-21-6-4-20(5-7-21)22-19(2)23/h1,4-7H,8-18H2,2H3,(H,22,23). The molecule has 0 atom stereocenters. The summed E-state index contributed by atoms with van der Waals surface area (Å²) in [5.41, 5.74) is 0.737. The van der Waals surface area contributed by atoms with Gasteiger partial charge in [-0.25, -0.2) is 0 Å². The van der Waals surface area contributed by atoms with E-state index in [1.807, 2.05) is 0 Å². The Hall–Kier alpha value is -2.15. The molecule has 0 aliphatic heterocycles. The molecule has 1 amide bonds. The van der Waals surface area contributed by atoms with Crippen LogP contribution in [0.2, 0.25) is 0 Å². The Bertz CT molecular complexity index is 571. The van der Waals surface area contributed by atoms with E-state index in [2.05, 4.69) is 11.2 Å². The van der Waals surface area contributed by atoms with Crippen molar-refractivity contribution in [2.24, 2.45) is 0 Å². The van der Waals surface area contributed by atoms with E-state index in [0.717, 1.165) is 11.4 Å². The van der Waals surface area contributed by atoms with Crippen LogP contribution in [0.4, 0.5) is 5.69 Å². The number of nitrogens with one attached hydrogen (secondary N) is 1. The van der Waals surface area contributed by atoms with Crippen molar-refractivity contribution in [3.8, 4) is 18.1 Å². The molecule has 0 saturated carbocycles. The quantitative estimate of drug-likeness (QED) is 0.292. The zero-order valence-electron chi connectivity index (χ0n) is 17.0. The van der Waals surface area contributed by atoms with Crippen LogP contribution in [0.15, 0.2) is 24.3 Å². The molecule has 0 radical (unpaired) electrons. The van der Waals surface area contributed by atoms with Crippen molar-refractivity contribution in [2.45, 2.75) is 6.92 Å². The molecule has 0 aliphatic rings. The number of rotatable bonds is 18. The van der Waals surface area contributed by atoms with Gasteiger partial charge >= 0.3 is 0 Å². The fourth-order valence-electron chi connectivity index (χ4n) is 2.07. The number of anilines is 1. The lowest BCUT2D eigenvalue weighted by molar-refractivity contribution is -0.114. The van der Waals surface area contributed by atoms with Gasteiger partial charge in [0.1, 0.15) is 19.0 Å². The summed E-state index contributed by atoms with van der Waals surface area (Å²) in [4.78, 5) is 11.0. The topological polar surface area (TPSA) is 84.5 Å². The van der Waals surface area contributed by atoms with Crippen LogP contribution in [0.25, 0.3) is 0 Å². The molecule has 0 spiro atoms. The van der Waals surface area contributed by atoms with Crippen LogP contribution in [-0.4, -0.2) is 78.6 Å². The van der Waals surface area contributed by atoms with Gasteiger partial charge in [0.15, 0.2) is 0 Å². The summed E-state index contributed by atoms with van der Waals surface area (Å²) < 4.78 is 32.2. The van der Waals surface area contributed by atoms with Crippen molar-refractivity contribution in [2.75, 3.05) is 78.0 Å². The Balaban J connectivity index is 1.81. The molecule has 0 unspecified atom stereocenters.